The fourth-order valence-corrected chi connectivity index (χ4v) is 3.64. The van der Waals surface area contributed by atoms with E-state index in [1.807, 2.05) is 0 Å². The lowest BCUT2D eigenvalue weighted by atomic mass is 10.0. The lowest BCUT2D eigenvalue weighted by molar-refractivity contribution is 0.0693. The fraction of sp³-hybridized carbons (Fsp3) is 0.462. The van der Waals surface area contributed by atoms with Gasteiger partial charge >= 0.3 is 5.97 Å². The van der Waals surface area contributed by atoms with E-state index < -0.39 is 32.8 Å². The molecule has 2 rings (SSSR count). The SMILES string of the molecule is CC(C)(NS(=O)(=O)c1ccc(O)c(C(=O)O)c1)C1CC1. The monoisotopic (exact) mass is 299 g/mol. The molecule has 0 radical (unpaired) electrons. The second-order valence-electron chi connectivity index (χ2n) is 5.59. The van der Waals surface area contributed by atoms with Crippen molar-refractivity contribution in [3.63, 3.8) is 0 Å². The molecule has 3 N–H and O–H groups in total. The second-order valence-corrected chi connectivity index (χ2v) is 7.27. The molecule has 0 aromatic heterocycles. The standard InChI is InChI=1S/C13H17NO5S/c1-13(2,8-3-4-8)14-20(18,19)9-5-6-11(15)10(7-9)12(16)17/h5-8,14-15H,3-4H2,1-2H3,(H,16,17). The lowest BCUT2D eigenvalue weighted by Gasteiger charge is -2.25. The average molecular weight is 299 g/mol. The maximum Gasteiger partial charge on any atom is 0.339 e. The average Bonchev–Trinajstić information content (AvgIpc) is 3.11. The minimum Gasteiger partial charge on any atom is -0.507 e. The van der Waals surface area contributed by atoms with Crippen molar-refractivity contribution in [3.8, 4) is 5.75 Å². The van der Waals surface area contributed by atoms with Crippen LogP contribution < -0.4 is 4.72 Å². The largest absolute Gasteiger partial charge is 0.507 e. The molecule has 0 unspecified atom stereocenters. The summed E-state index contributed by atoms with van der Waals surface area (Å²) in [6.07, 6.45) is 1.96. The highest BCUT2D eigenvalue weighted by Gasteiger charge is 2.40. The molecule has 1 fully saturated rings. The van der Waals surface area contributed by atoms with Gasteiger partial charge in [-0.2, -0.15) is 0 Å². The summed E-state index contributed by atoms with van der Waals surface area (Å²) in [5.41, 5.74) is -1.00. The molecule has 0 bridgehead atoms. The molecule has 0 spiro atoms. The van der Waals surface area contributed by atoms with E-state index in [1.54, 1.807) is 13.8 Å². The van der Waals surface area contributed by atoms with Crippen LogP contribution in [0, 0.1) is 5.92 Å². The van der Waals surface area contributed by atoms with E-state index in [1.165, 1.54) is 6.07 Å². The van der Waals surface area contributed by atoms with Crippen LogP contribution in [0.2, 0.25) is 0 Å². The Morgan fingerprint density at radius 2 is 1.95 bits per heavy atom. The van der Waals surface area contributed by atoms with Crippen LogP contribution >= 0.6 is 0 Å². The Labute approximate surface area is 117 Å². The molecule has 0 atom stereocenters. The van der Waals surface area contributed by atoms with Crippen molar-refractivity contribution in [3.05, 3.63) is 23.8 Å². The highest BCUT2D eigenvalue weighted by atomic mass is 32.2. The van der Waals surface area contributed by atoms with Crippen LogP contribution in [-0.4, -0.2) is 30.1 Å². The van der Waals surface area contributed by atoms with E-state index in [0.29, 0.717) is 5.92 Å². The summed E-state index contributed by atoms with van der Waals surface area (Å²) >= 11 is 0. The molecule has 0 amide bonds. The number of aromatic carboxylic acids is 1. The number of rotatable bonds is 5. The van der Waals surface area contributed by atoms with Gasteiger partial charge in [0.1, 0.15) is 11.3 Å². The second kappa shape index (κ2) is 4.75. The van der Waals surface area contributed by atoms with E-state index in [9.17, 15) is 18.3 Å². The maximum atomic E-state index is 12.3. The Morgan fingerprint density at radius 3 is 2.45 bits per heavy atom. The quantitative estimate of drug-likeness (QED) is 0.765. The third kappa shape index (κ3) is 2.94. The molecule has 1 aliphatic rings. The molecule has 6 nitrogen and oxygen atoms in total. The Balaban J connectivity index is 2.34. The van der Waals surface area contributed by atoms with Gasteiger partial charge in [0.25, 0.3) is 0 Å². The molecule has 1 aliphatic carbocycles. The van der Waals surface area contributed by atoms with Crippen molar-refractivity contribution < 1.29 is 23.4 Å². The summed E-state index contributed by atoms with van der Waals surface area (Å²) in [5.74, 6) is -1.53. The number of carbonyl (C=O) groups is 1. The first-order valence-electron chi connectivity index (χ1n) is 6.24. The number of sulfonamides is 1. The minimum atomic E-state index is -3.82. The number of hydrogen-bond acceptors (Lipinski definition) is 4. The van der Waals surface area contributed by atoms with E-state index in [4.69, 9.17) is 5.11 Å². The molecule has 0 saturated heterocycles. The van der Waals surface area contributed by atoms with Gasteiger partial charge in [0.2, 0.25) is 10.0 Å². The van der Waals surface area contributed by atoms with Gasteiger partial charge in [-0.05, 0) is 50.8 Å². The molecule has 0 aliphatic heterocycles. The maximum absolute atomic E-state index is 12.3. The Hall–Kier alpha value is -1.60. The molecule has 1 aromatic rings. The summed E-state index contributed by atoms with van der Waals surface area (Å²) in [6, 6.07) is 3.22. The van der Waals surface area contributed by atoms with Gasteiger partial charge in [-0.15, -0.1) is 0 Å². The van der Waals surface area contributed by atoms with Crippen LogP contribution in [0.3, 0.4) is 0 Å². The van der Waals surface area contributed by atoms with Gasteiger partial charge in [-0.3, -0.25) is 0 Å². The van der Waals surface area contributed by atoms with Crippen molar-refractivity contribution >= 4 is 16.0 Å². The number of carboxylic acids is 1. The molecular weight excluding hydrogens is 282 g/mol. The number of benzene rings is 1. The smallest absolute Gasteiger partial charge is 0.339 e. The minimum absolute atomic E-state index is 0.165. The molecule has 110 valence electrons. The lowest BCUT2D eigenvalue weighted by Crippen LogP contribution is -2.45. The van der Waals surface area contributed by atoms with Gasteiger partial charge < -0.3 is 10.2 Å². The highest BCUT2D eigenvalue weighted by molar-refractivity contribution is 7.89. The van der Waals surface area contributed by atoms with Gasteiger partial charge in [-0.25, -0.2) is 17.9 Å². The van der Waals surface area contributed by atoms with Gasteiger partial charge in [0.15, 0.2) is 0 Å². The van der Waals surface area contributed by atoms with Crippen LogP contribution in [0.1, 0.15) is 37.0 Å². The summed E-state index contributed by atoms with van der Waals surface area (Å²) in [4.78, 5) is 10.8. The van der Waals surface area contributed by atoms with Crippen LogP contribution in [-0.2, 0) is 10.0 Å². The van der Waals surface area contributed by atoms with E-state index in [-0.39, 0.29) is 4.90 Å². The summed E-state index contributed by atoms with van der Waals surface area (Å²) in [5, 5.41) is 18.3. The van der Waals surface area contributed by atoms with Gasteiger partial charge in [0, 0.05) is 5.54 Å². The highest BCUT2D eigenvalue weighted by Crippen LogP contribution is 2.40. The van der Waals surface area contributed by atoms with Crippen molar-refractivity contribution in [2.24, 2.45) is 5.92 Å². The first-order valence-corrected chi connectivity index (χ1v) is 7.72. The topological polar surface area (TPSA) is 104 Å². The summed E-state index contributed by atoms with van der Waals surface area (Å²) < 4.78 is 27.2. The van der Waals surface area contributed by atoms with Crippen molar-refractivity contribution in [2.45, 2.75) is 37.1 Å². The molecule has 0 heterocycles. The zero-order chi connectivity index (χ0) is 15.1. The van der Waals surface area contributed by atoms with E-state index in [0.717, 1.165) is 25.0 Å². The predicted octanol–water partition coefficient (Wildman–Crippen LogP) is 1.56. The fourth-order valence-electron chi connectivity index (χ4n) is 2.15. The number of carboxylic acid groups (broad SMARTS) is 1. The normalized spacial score (nSPS) is 16.1. The first kappa shape index (κ1) is 14.8. The third-order valence-corrected chi connectivity index (χ3v) is 5.17. The molecule has 1 saturated carbocycles. The molecule has 20 heavy (non-hydrogen) atoms. The Morgan fingerprint density at radius 1 is 1.35 bits per heavy atom. The molecule has 7 heteroatoms. The van der Waals surface area contributed by atoms with Gasteiger partial charge in [-0.1, -0.05) is 0 Å². The number of hydrogen-bond donors (Lipinski definition) is 3. The van der Waals surface area contributed by atoms with Crippen LogP contribution in [0.4, 0.5) is 0 Å². The first-order chi connectivity index (χ1) is 9.13. The van der Waals surface area contributed by atoms with Crippen LogP contribution in [0.25, 0.3) is 0 Å². The zero-order valence-electron chi connectivity index (χ0n) is 11.3. The van der Waals surface area contributed by atoms with Gasteiger partial charge in [0.05, 0.1) is 4.90 Å². The zero-order valence-corrected chi connectivity index (χ0v) is 12.1. The number of phenols is 1. The third-order valence-electron chi connectivity index (χ3n) is 3.50. The Bertz CT molecular complexity index is 647. The van der Waals surface area contributed by atoms with E-state index >= 15 is 0 Å². The summed E-state index contributed by atoms with van der Waals surface area (Å²) in [6.45, 7) is 3.61. The molecular formula is C13H17NO5S. The predicted molar refractivity (Wildman–Crippen MR) is 72.2 cm³/mol. The summed E-state index contributed by atoms with van der Waals surface area (Å²) in [7, 11) is -3.82. The number of nitrogens with one attached hydrogen (secondary N) is 1. The van der Waals surface area contributed by atoms with Crippen LogP contribution in [0.15, 0.2) is 23.1 Å². The number of aromatic hydroxyl groups is 1. The van der Waals surface area contributed by atoms with Crippen molar-refractivity contribution in [2.75, 3.05) is 0 Å². The molecule has 1 aromatic carbocycles. The van der Waals surface area contributed by atoms with Crippen molar-refractivity contribution in [1.29, 1.82) is 0 Å². The van der Waals surface area contributed by atoms with Crippen LogP contribution in [0.5, 0.6) is 5.75 Å². The van der Waals surface area contributed by atoms with Crippen molar-refractivity contribution in [1.82, 2.24) is 4.72 Å². The van der Waals surface area contributed by atoms with E-state index in [2.05, 4.69) is 4.72 Å². The Kier molecular flexibility index (Phi) is 3.51.